The van der Waals surface area contributed by atoms with Gasteiger partial charge in [0.2, 0.25) is 5.96 Å². The van der Waals surface area contributed by atoms with Crippen molar-refractivity contribution in [1.82, 2.24) is 0 Å². The number of halogens is 3. The number of nitrogens with two attached hydrogens (primary N) is 2. The van der Waals surface area contributed by atoms with Gasteiger partial charge in [-0.25, -0.2) is 4.99 Å². The number of hydrogen-bond donors (Lipinski definition) is 2. The quantitative estimate of drug-likeness (QED) is 0.331. The van der Waals surface area contributed by atoms with Crippen molar-refractivity contribution < 1.29 is 13.2 Å². The second-order valence-corrected chi connectivity index (χ2v) is 3.88. The fraction of sp³-hybridized carbons (Fsp3) is 0.778. The van der Waals surface area contributed by atoms with Crippen LogP contribution in [-0.2, 0) is 0 Å². The Morgan fingerprint density at radius 3 is 2.31 bits per heavy atom. The molecule has 1 unspecified atom stereocenters. The highest BCUT2D eigenvalue weighted by Gasteiger charge is 2.44. The summed E-state index contributed by atoms with van der Waals surface area (Å²) in [6.45, 7) is 0. The summed E-state index contributed by atoms with van der Waals surface area (Å²) < 4.78 is 38.2. The minimum absolute atomic E-state index is 0.341. The molecule has 1 aliphatic carbocycles. The van der Waals surface area contributed by atoms with Gasteiger partial charge in [0.05, 0.1) is 5.92 Å². The van der Waals surface area contributed by atoms with Gasteiger partial charge in [-0.05, 0) is 18.8 Å². The molecular formula is C9H15F3N4. The molecule has 1 aliphatic rings. The van der Waals surface area contributed by atoms with E-state index in [0.717, 1.165) is 19.1 Å². The summed E-state index contributed by atoms with van der Waals surface area (Å²) in [4.78, 5) is 3.41. The van der Waals surface area contributed by atoms with Crippen LogP contribution in [0.1, 0.15) is 25.7 Å². The SMILES string of the molecule is N/N=C(\N)N=CC(C1CCCC1)C(F)(F)F. The molecule has 7 heteroatoms. The van der Waals surface area contributed by atoms with Crippen molar-refractivity contribution in [3.63, 3.8) is 0 Å². The normalized spacial score (nSPS) is 21.8. The maximum atomic E-state index is 12.7. The van der Waals surface area contributed by atoms with Crippen LogP contribution >= 0.6 is 0 Å². The molecule has 1 fully saturated rings. The van der Waals surface area contributed by atoms with Crippen LogP contribution in [0.2, 0.25) is 0 Å². The van der Waals surface area contributed by atoms with E-state index >= 15 is 0 Å². The lowest BCUT2D eigenvalue weighted by Crippen LogP contribution is -2.31. The average Bonchev–Trinajstić information content (AvgIpc) is 2.68. The topological polar surface area (TPSA) is 76.8 Å². The van der Waals surface area contributed by atoms with Gasteiger partial charge in [-0.1, -0.05) is 12.8 Å². The Balaban J connectivity index is 2.75. The second kappa shape index (κ2) is 5.18. The molecule has 0 amide bonds. The molecule has 0 saturated heterocycles. The van der Waals surface area contributed by atoms with Crippen molar-refractivity contribution in [1.29, 1.82) is 0 Å². The van der Waals surface area contributed by atoms with Gasteiger partial charge in [-0.15, -0.1) is 5.10 Å². The van der Waals surface area contributed by atoms with Crippen molar-refractivity contribution in [2.45, 2.75) is 31.9 Å². The minimum atomic E-state index is -4.28. The molecule has 0 heterocycles. The van der Waals surface area contributed by atoms with Gasteiger partial charge < -0.3 is 11.6 Å². The molecule has 0 aromatic heterocycles. The van der Waals surface area contributed by atoms with Gasteiger partial charge in [0.1, 0.15) is 0 Å². The molecule has 0 radical (unpaired) electrons. The number of aliphatic imine (C=N–C) groups is 1. The van der Waals surface area contributed by atoms with Gasteiger partial charge in [0.15, 0.2) is 0 Å². The fourth-order valence-corrected chi connectivity index (χ4v) is 1.98. The zero-order valence-electron chi connectivity index (χ0n) is 8.74. The Hall–Kier alpha value is -1.27. The lowest BCUT2D eigenvalue weighted by molar-refractivity contribution is -0.165. The molecule has 0 aromatic rings. The van der Waals surface area contributed by atoms with Gasteiger partial charge in [0.25, 0.3) is 0 Å². The van der Waals surface area contributed by atoms with Crippen LogP contribution in [0.25, 0.3) is 0 Å². The van der Waals surface area contributed by atoms with E-state index in [0.29, 0.717) is 12.8 Å². The van der Waals surface area contributed by atoms with Crippen molar-refractivity contribution >= 4 is 12.2 Å². The van der Waals surface area contributed by atoms with Crippen molar-refractivity contribution in [3.05, 3.63) is 0 Å². The molecule has 92 valence electrons. The highest BCUT2D eigenvalue weighted by atomic mass is 19.4. The number of hydrazone groups is 1. The number of nitrogens with zero attached hydrogens (tertiary/aromatic N) is 2. The highest BCUT2D eigenvalue weighted by molar-refractivity contribution is 5.86. The van der Waals surface area contributed by atoms with E-state index in [4.69, 9.17) is 11.6 Å². The van der Waals surface area contributed by atoms with Crippen LogP contribution in [0.5, 0.6) is 0 Å². The molecule has 4 N–H and O–H groups in total. The third-order valence-electron chi connectivity index (χ3n) is 2.79. The van der Waals surface area contributed by atoms with Gasteiger partial charge >= 0.3 is 6.18 Å². The van der Waals surface area contributed by atoms with Crippen LogP contribution in [0, 0.1) is 11.8 Å². The monoisotopic (exact) mass is 236 g/mol. The first-order valence-corrected chi connectivity index (χ1v) is 5.09. The first-order chi connectivity index (χ1) is 7.45. The predicted octanol–water partition coefficient (Wildman–Crippen LogP) is 1.61. The predicted molar refractivity (Wildman–Crippen MR) is 55.8 cm³/mol. The number of alkyl halides is 3. The van der Waals surface area contributed by atoms with Crippen LogP contribution in [0.15, 0.2) is 10.1 Å². The van der Waals surface area contributed by atoms with E-state index in [1.807, 2.05) is 0 Å². The number of guanidine groups is 1. The summed E-state index contributed by atoms with van der Waals surface area (Å²) in [5.74, 6) is 2.51. The summed E-state index contributed by atoms with van der Waals surface area (Å²) in [5.41, 5.74) is 5.12. The maximum absolute atomic E-state index is 12.7. The Kier molecular flexibility index (Phi) is 4.14. The molecule has 0 aliphatic heterocycles. The zero-order chi connectivity index (χ0) is 12.2. The average molecular weight is 236 g/mol. The lowest BCUT2D eigenvalue weighted by Gasteiger charge is -2.21. The maximum Gasteiger partial charge on any atom is 0.396 e. The van der Waals surface area contributed by atoms with Crippen molar-refractivity contribution in [2.24, 2.45) is 33.5 Å². The number of rotatable bonds is 2. The van der Waals surface area contributed by atoms with Gasteiger partial charge in [0, 0.05) is 6.21 Å². The number of hydrogen-bond acceptors (Lipinski definition) is 2. The van der Waals surface area contributed by atoms with E-state index in [1.165, 1.54) is 0 Å². The largest absolute Gasteiger partial charge is 0.396 e. The first kappa shape index (κ1) is 12.8. The third kappa shape index (κ3) is 3.39. The molecule has 0 spiro atoms. The lowest BCUT2D eigenvalue weighted by atomic mass is 9.91. The molecular weight excluding hydrogens is 221 g/mol. The van der Waals surface area contributed by atoms with Crippen LogP contribution in [0.3, 0.4) is 0 Å². The van der Waals surface area contributed by atoms with Crippen LogP contribution < -0.4 is 11.6 Å². The van der Waals surface area contributed by atoms with Crippen molar-refractivity contribution in [3.8, 4) is 0 Å². The molecule has 1 atom stereocenters. The minimum Gasteiger partial charge on any atom is -0.367 e. The summed E-state index contributed by atoms with van der Waals surface area (Å²) in [6.07, 6.45) is -0.627. The van der Waals surface area contributed by atoms with E-state index < -0.39 is 18.0 Å². The van der Waals surface area contributed by atoms with Gasteiger partial charge in [-0.3, -0.25) is 0 Å². The molecule has 0 bridgehead atoms. The highest BCUT2D eigenvalue weighted by Crippen LogP contribution is 2.39. The third-order valence-corrected chi connectivity index (χ3v) is 2.79. The summed E-state index contributed by atoms with van der Waals surface area (Å²) >= 11 is 0. The van der Waals surface area contributed by atoms with Gasteiger partial charge in [-0.2, -0.15) is 13.2 Å². The van der Waals surface area contributed by atoms with Crippen LogP contribution in [0.4, 0.5) is 13.2 Å². The van der Waals surface area contributed by atoms with E-state index in [2.05, 4.69) is 10.1 Å². The second-order valence-electron chi connectivity index (χ2n) is 3.88. The molecule has 0 aromatic carbocycles. The molecule has 16 heavy (non-hydrogen) atoms. The Morgan fingerprint density at radius 1 is 1.31 bits per heavy atom. The standard InChI is InChI=1S/C9H15F3N4/c10-9(11,12)7(5-15-8(13)16-14)6-3-1-2-4-6/h5-7H,1-4,14H2,(H2,13,16). The Bertz CT molecular complexity index is 279. The molecule has 4 nitrogen and oxygen atoms in total. The fourth-order valence-electron chi connectivity index (χ4n) is 1.98. The van der Waals surface area contributed by atoms with Crippen LogP contribution in [-0.4, -0.2) is 18.4 Å². The smallest absolute Gasteiger partial charge is 0.367 e. The summed E-state index contributed by atoms with van der Waals surface area (Å²) in [7, 11) is 0. The molecule has 1 rings (SSSR count). The van der Waals surface area contributed by atoms with E-state index in [9.17, 15) is 13.2 Å². The summed E-state index contributed by atoms with van der Waals surface area (Å²) in [5, 5.41) is 3.00. The first-order valence-electron chi connectivity index (χ1n) is 5.09. The van der Waals surface area contributed by atoms with E-state index in [1.54, 1.807) is 0 Å². The molecule has 1 saturated carbocycles. The summed E-state index contributed by atoms with van der Waals surface area (Å²) in [6, 6.07) is 0. The van der Waals surface area contributed by atoms with E-state index in [-0.39, 0.29) is 5.96 Å². The van der Waals surface area contributed by atoms with Crippen molar-refractivity contribution in [2.75, 3.05) is 0 Å². The Morgan fingerprint density at radius 2 is 1.88 bits per heavy atom. The zero-order valence-corrected chi connectivity index (χ0v) is 8.74. The Labute approximate surface area is 91.6 Å².